The zero-order valence-corrected chi connectivity index (χ0v) is 15.2. The van der Waals surface area contributed by atoms with Crippen LogP contribution in [0.3, 0.4) is 0 Å². The second kappa shape index (κ2) is 8.25. The Labute approximate surface area is 148 Å². The van der Waals surface area contributed by atoms with Gasteiger partial charge in [0, 0.05) is 10.2 Å². The lowest BCUT2D eigenvalue weighted by molar-refractivity contribution is -0.909. The highest BCUT2D eigenvalue weighted by molar-refractivity contribution is 9.10. The van der Waals surface area contributed by atoms with Gasteiger partial charge < -0.3 is 20.3 Å². The van der Waals surface area contributed by atoms with Crippen molar-refractivity contribution in [3.8, 4) is 0 Å². The molecule has 1 aliphatic heterocycles. The number of quaternary nitrogens is 1. The van der Waals surface area contributed by atoms with Crippen molar-refractivity contribution in [2.75, 3.05) is 32.1 Å². The summed E-state index contributed by atoms with van der Waals surface area (Å²) >= 11 is 3.41. The maximum atomic E-state index is 12.3. The van der Waals surface area contributed by atoms with Crippen LogP contribution in [0.5, 0.6) is 0 Å². The molecule has 2 atom stereocenters. The molecule has 2 rings (SSSR count). The Morgan fingerprint density at radius 1 is 1.46 bits per heavy atom. The average molecular weight is 399 g/mol. The molecule has 7 nitrogen and oxygen atoms in total. The van der Waals surface area contributed by atoms with E-state index in [9.17, 15) is 14.4 Å². The first kappa shape index (κ1) is 18.4. The van der Waals surface area contributed by atoms with Crippen molar-refractivity contribution in [3.05, 3.63) is 28.2 Å². The molecule has 1 aromatic carbocycles. The zero-order chi connectivity index (χ0) is 17.7. The second-order valence-corrected chi connectivity index (χ2v) is 6.58. The van der Waals surface area contributed by atoms with E-state index >= 15 is 0 Å². The minimum atomic E-state index is -0.608. The number of methoxy groups -OCH3 is 1. The summed E-state index contributed by atoms with van der Waals surface area (Å²) in [7, 11) is 1.28. The van der Waals surface area contributed by atoms with Crippen LogP contribution in [0.4, 0.5) is 5.69 Å². The minimum Gasteiger partial charge on any atom is -0.469 e. The van der Waals surface area contributed by atoms with Crippen LogP contribution in [0.25, 0.3) is 0 Å². The molecule has 1 fully saturated rings. The lowest BCUT2D eigenvalue weighted by Gasteiger charge is -2.30. The molecule has 1 unspecified atom stereocenters. The summed E-state index contributed by atoms with van der Waals surface area (Å²) in [6.07, 6.45) is -0.0393. The molecule has 1 aliphatic rings. The number of amides is 2. The van der Waals surface area contributed by atoms with Crippen LogP contribution >= 0.6 is 15.9 Å². The summed E-state index contributed by atoms with van der Waals surface area (Å²) in [6, 6.07) is 4.93. The normalized spacial score (nSPS) is 20.2. The molecule has 0 saturated carbocycles. The molecular weight excluding hydrogens is 378 g/mol. The number of esters is 1. The van der Waals surface area contributed by atoms with Gasteiger partial charge in [-0.2, -0.15) is 0 Å². The smallest absolute Gasteiger partial charge is 0.312 e. The summed E-state index contributed by atoms with van der Waals surface area (Å²) in [5.41, 5.74) is 1.71. The first-order valence-corrected chi connectivity index (χ1v) is 8.45. The molecule has 0 bridgehead atoms. The van der Waals surface area contributed by atoms with Crippen molar-refractivity contribution in [1.82, 2.24) is 5.32 Å². The van der Waals surface area contributed by atoms with Crippen molar-refractivity contribution in [1.29, 1.82) is 0 Å². The molecule has 8 heteroatoms. The van der Waals surface area contributed by atoms with Crippen molar-refractivity contribution >= 4 is 39.4 Å². The summed E-state index contributed by atoms with van der Waals surface area (Å²) in [4.78, 5) is 36.6. The highest BCUT2D eigenvalue weighted by Gasteiger charge is 2.36. The first-order chi connectivity index (χ1) is 11.4. The van der Waals surface area contributed by atoms with Crippen LogP contribution in [0.2, 0.25) is 0 Å². The fraction of sp³-hybridized carbons (Fsp3) is 0.438. The molecular formula is C16H21BrN3O4+. The Kier molecular flexibility index (Phi) is 6.33. The average Bonchev–Trinajstić information content (AvgIpc) is 2.54. The fourth-order valence-electron chi connectivity index (χ4n) is 2.66. The van der Waals surface area contributed by atoms with E-state index in [0.717, 1.165) is 14.9 Å². The second-order valence-electron chi connectivity index (χ2n) is 5.72. The van der Waals surface area contributed by atoms with Gasteiger partial charge in [0.05, 0.1) is 20.2 Å². The Morgan fingerprint density at radius 2 is 2.21 bits per heavy atom. The largest absolute Gasteiger partial charge is 0.469 e. The van der Waals surface area contributed by atoms with Crippen LogP contribution in [0.15, 0.2) is 22.7 Å². The van der Waals surface area contributed by atoms with Crippen LogP contribution < -0.4 is 15.5 Å². The maximum absolute atomic E-state index is 12.3. The van der Waals surface area contributed by atoms with E-state index in [2.05, 4.69) is 31.3 Å². The van der Waals surface area contributed by atoms with Gasteiger partial charge in [-0.05, 0) is 30.7 Å². The number of benzene rings is 1. The lowest BCUT2D eigenvalue weighted by atomic mass is 10.1. The Bertz CT molecular complexity index is 650. The molecule has 0 spiro atoms. The summed E-state index contributed by atoms with van der Waals surface area (Å²) in [5.74, 6) is -0.885. The molecule has 2 amide bonds. The third-order valence-corrected chi connectivity index (χ3v) is 4.87. The van der Waals surface area contributed by atoms with Crippen molar-refractivity contribution in [2.24, 2.45) is 0 Å². The number of nitrogens with one attached hydrogen (secondary N) is 3. The fourth-order valence-corrected chi connectivity index (χ4v) is 2.91. The molecule has 0 aliphatic carbocycles. The van der Waals surface area contributed by atoms with Gasteiger partial charge in [0.25, 0.3) is 11.8 Å². The van der Waals surface area contributed by atoms with Crippen molar-refractivity contribution < 1.29 is 24.0 Å². The lowest BCUT2D eigenvalue weighted by Crippen LogP contribution is -3.20. The highest BCUT2D eigenvalue weighted by Crippen LogP contribution is 2.19. The van der Waals surface area contributed by atoms with Crippen LogP contribution in [0, 0.1) is 6.92 Å². The van der Waals surface area contributed by atoms with Gasteiger partial charge in [-0.15, -0.1) is 0 Å². The van der Waals surface area contributed by atoms with Crippen LogP contribution in [0.1, 0.15) is 12.0 Å². The third-order valence-electron chi connectivity index (χ3n) is 3.98. The number of aryl methyl sites for hydroxylation is 1. The van der Waals surface area contributed by atoms with E-state index in [1.54, 1.807) is 6.07 Å². The molecule has 3 N–H and O–H groups in total. The number of piperazine rings is 1. The summed E-state index contributed by atoms with van der Waals surface area (Å²) in [6.45, 7) is 3.12. The summed E-state index contributed by atoms with van der Waals surface area (Å²) < 4.78 is 5.61. The number of carbonyl (C=O) groups is 3. The predicted octanol–water partition coefficient (Wildman–Crippen LogP) is -0.358. The Hall–Kier alpha value is -1.93. The van der Waals surface area contributed by atoms with Gasteiger partial charge >= 0.3 is 5.97 Å². The standard InChI is InChI=1S/C16H20BrN3O4/c1-10-7-11(3-4-12(10)17)19-14(21)9-20-6-5-18-16(23)13(20)8-15(22)24-2/h3-4,7,13H,5-6,8-9H2,1-2H3,(H,18,23)(H,19,21)/p+1/t13-/m0/s1. The SMILES string of the molecule is COC(=O)C[C@H]1C(=O)NCC[NH+]1CC(=O)Nc1ccc(Br)c(C)c1. The number of anilines is 1. The summed E-state index contributed by atoms with van der Waals surface area (Å²) in [5, 5.41) is 5.56. The molecule has 0 aromatic heterocycles. The molecule has 1 heterocycles. The van der Waals surface area contributed by atoms with Gasteiger partial charge in [-0.25, -0.2) is 0 Å². The van der Waals surface area contributed by atoms with Crippen LogP contribution in [-0.2, 0) is 19.1 Å². The topological polar surface area (TPSA) is 88.9 Å². The van der Waals surface area contributed by atoms with Gasteiger partial charge in [-0.1, -0.05) is 15.9 Å². The third kappa shape index (κ3) is 4.78. The van der Waals surface area contributed by atoms with E-state index in [1.807, 2.05) is 19.1 Å². The van der Waals surface area contributed by atoms with Gasteiger partial charge in [0.1, 0.15) is 6.42 Å². The number of halogens is 1. The molecule has 130 valence electrons. The zero-order valence-electron chi connectivity index (χ0n) is 13.6. The molecule has 1 saturated heterocycles. The maximum Gasteiger partial charge on any atom is 0.312 e. The molecule has 1 aromatic rings. The van der Waals surface area contributed by atoms with Gasteiger partial charge in [0.15, 0.2) is 12.6 Å². The van der Waals surface area contributed by atoms with E-state index in [1.165, 1.54) is 7.11 Å². The van der Waals surface area contributed by atoms with E-state index in [-0.39, 0.29) is 24.8 Å². The number of hydrogen-bond acceptors (Lipinski definition) is 4. The van der Waals surface area contributed by atoms with E-state index in [4.69, 9.17) is 0 Å². The predicted molar refractivity (Wildman–Crippen MR) is 91.6 cm³/mol. The minimum absolute atomic E-state index is 0.0393. The molecule has 0 radical (unpaired) electrons. The number of ether oxygens (including phenoxy) is 1. The Balaban J connectivity index is 2.00. The van der Waals surface area contributed by atoms with E-state index < -0.39 is 12.0 Å². The van der Waals surface area contributed by atoms with Crippen LogP contribution in [-0.4, -0.2) is 50.6 Å². The number of rotatable bonds is 5. The van der Waals surface area contributed by atoms with Crippen molar-refractivity contribution in [3.63, 3.8) is 0 Å². The number of carbonyl (C=O) groups excluding carboxylic acids is 3. The molecule has 24 heavy (non-hydrogen) atoms. The number of hydrogen-bond donors (Lipinski definition) is 3. The highest BCUT2D eigenvalue weighted by atomic mass is 79.9. The van der Waals surface area contributed by atoms with Gasteiger partial charge in [0.2, 0.25) is 0 Å². The van der Waals surface area contributed by atoms with Crippen molar-refractivity contribution in [2.45, 2.75) is 19.4 Å². The van der Waals surface area contributed by atoms with E-state index in [0.29, 0.717) is 18.8 Å². The Morgan fingerprint density at radius 3 is 2.88 bits per heavy atom. The van der Waals surface area contributed by atoms with Gasteiger partial charge in [-0.3, -0.25) is 14.4 Å². The quantitative estimate of drug-likeness (QED) is 0.591. The monoisotopic (exact) mass is 398 g/mol. The first-order valence-electron chi connectivity index (χ1n) is 7.66.